The first-order valence-corrected chi connectivity index (χ1v) is 8.20. The fraction of sp³-hybridized carbons (Fsp3) is 0.455. The summed E-state index contributed by atoms with van der Waals surface area (Å²) in [7, 11) is -1.21. The van der Waals surface area contributed by atoms with E-state index in [0.717, 1.165) is 0 Å². The minimum Gasteiger partial charge on any atom is -0.368 e. The molecule has 0 saturated carbocycles. The van der Waals surface area contributed by atoms with Gasteiger partial charge in [-0.1, -0.05) is 0 Å². The first-order valence-electron chi connectivity index (χ1n) is 6.38. The molecule has 0 amide bonds. The van der Waals surface area contributed by atoms with E-state index in [9.17, 15) is 8.42 Å². The van der Waals surface area contributed by atoms with Crippen molar-refractivity contribution in [1.82, 2.24) is 24.5 Å². The summed E-state index contributed by atoms with van der Waals surface area (Å²) in [5, 5.41) is 0. The van der Waals surface area contributed by atoms with Crippen LogP contribution in [0.25, 0.3) is 5.95 Å². The van der Waals surface area contributed by atoms with E-state index >= 15 is 0 Å². The number of sulfone groups is 1. The highest BCUT2D eigenvalue weighted by Gasteiger charge is 2.32. The van der Waals surface area contributed by atoms with Crippen molar-refractivity contribution in [2.45, 2.75) is 12.5 Å². The molecule has 112 valence electrons. The van der Waals surface area contributed by atoms with Gasteiger partial charge in [-0.05, 0) is 6.42 Å². The number of rotatable bonds is 3. The largest absolute Gasteiger partial charge is 0.368 e. The zero-order valence-electron chi connectivity index (χ0n) is 11.4. The van der Waals surface area contributed by atoms with Crippen LogP contribution in [0.1, 0.15) is 6.42 Å². The van der Waals surface area contributed by atoms with E-state index in [-0.39, 0.29) is 23.5 Å². The first-order chi connectivity index (χ1) is 9.94. The van der Waals surface area contributed by atoms with Crippen LogP contribution in [0.2, 0.25) is 0 Å². The number of hydrogen-bond donors (Lipinski definition) is 1. The molecule has 0 aromatic carbocycles. The number of aromatic nitrogens is 5. The predicted octanol–water partition coefficient (Wildman–Crippen LogP) is -0.737. The second kappa shape index (κ2) is 4.95. The van der Waals surface area contributed by atoms with E-state index in [4.69, 9.17) is 5.73 Å². The summed E-state index contributed by atoms with van der Waals surface area (Å²) < 4.78 is 24.8. The van der Waals surface area contributed by atoms with Crippen LogP contribution in [0.15, 0.2) is 18.7 Å². The van der Waals surface area contributed by atoms with Gasteiger partial charge in [0.05, 0.1) is 11.5 Å². The van der Waals surface area contributed by atoms with Crippen LogP contribution in [0.5, 0.6) is 0 Å². The van der Waals surface area contributed by atoms with Crippen molar-refractivity contribution in [1.29, 1.82) is 0 Å². The molecule has 2 aromatic rings. The maximum absolute atomic E-state index is 11.6. The summed E-state index contributed by atoms with van der Waals surface area (Å²) in [4.78, 5) is 18.1. The summed E-state index contributed by atoms with van der Waals surface area (Å²) in [6.45, 7) is 0. The first kappa shape index (κ1) is 13.7. The second-order valence-electron chi connectivity index (χ2n) is 4.93. The fourth-order valence-corrected chi connectivity index (χ4v) is 4.04. The van der Waals surface area contributed by atoms with Gasteiger partial charge < -0.3 is 10.6 Å². The minimum atomic E-state index is -2.97. The molecule has 1 saturated heterocycles. The molecule has 1 fully saturated rings. The van der Waals surface area contributed by atoms with Crippen molar-refractivity contribution in [3.05, 3.63) is 18.7 Å². The summed E-state index contributed by atoms with van der Waals surface area (Å²) in [6, 6.07) is -0.146. The molecule has 0 radical (unpaired) electrons. The lowest BCUT2D eigenvalue weighted by atomic mass is 10.2. The van der Waals surface area contributed by atoms with Crippen molar-refractivity contribution < 1.29 is 8.42 Å². The fourth-order valence-electron chi connectivity index (χ4n) is 2.26. The van der Waals surface area contributed by atoms with E-state index in [2.05, 4.69) is 19.9 Å². The molecule has 0 aliphatic carbocycles. The van der Waals surface area contributed by atoms with Crippen molar-refractivity contribution in [2.75, 3.05) is 29.2 Å². The zero-order chi connectivity index (χ0) is 15.0. The van der Waals surface area contributed by atoms with E-state index in [1.54, 1.807) is 35.2 Å². The Balaban J connectivity index is 1.92. The van der Waals surface area contributed by atoms with Crippen molar-refractivity contribution >= 4 is 21.7 Å². The van der Waals surface area contributed by atoms with Crippen molar-refractivity contribution in [3.8, 4) is 5.95 Å². The molecule has 2 aromatic heterocycles. The van der Waals surface area contributed by atoms with Gasteiger partial charge in [-0.2, -0.15) is 15.0 Å². The predicted molar refractivity (Wildman–Crippen MR) is 76.8 cm³/mol. The Kier molecular flexibility index (Phi) is 3.24. The van der Waals surface area contributed by atoms with E-state index < -0.39 is 9.84 Å². The lowest BCUT2D eigenvalue weighted by molar-refractivity contribution is 0.600. The molecule has 1 unspecified atom stereocenters. The Bertz CT molecular complexity index is 744. The van der Waals surface area contributed by atoms with Gasteiger partial charge in [0.15, 0.2) is 9.84 Å². The smallest absolute Gasteiger partial charge is 0.241 e. The Morgan fingerprint density at radius 3 is 2.81 bits per heavy atom. The Hall–Kier alpha value is -2.23. The monoisotopic (exact) mass is 309 g/mol. The summed E-state index contributed by atoms with van der Waals surface area (Å²) in [5.41, 5.74) is 5.71. The molecular formula is C11H15N7O2S. The molecule has 2 N–H and O–H groups in total. The maximum atomic E-state index is 11.6. The molecule has 1 aliphatic heterocycles. The highest BCUT2D eigenvalue weighted by atomic mass is 32.2. The van der Waals surface area contributed by atoms with Crippen molar-refractivity contribution in [2.24, 2.45) is 0 Å². The van der Waals surface area contributed by atoms with Crippen LogP contribution in [-0.4, -0.2) is 57.5 Å². The van der Waals surface area contributed by atoms with Gasteiger partial charge in [0.2, 0.25) is 17.8 Å². The Labute approximate surface area is 121 Å². The van der Waals surface area contributed by atoms with Crippen LogP contribution in [0.3, 0.4) is 0 Å². The Morgan fingerprint density at radius 1 is 1.38 bits per heavy atom. The molecule has 1 aliphatic rings. The molecule has 3 heterocycles. The zero-order valence-corrected chi connectivity index (χ0v) is 12.2. The standard InChI is InChI=1S/C11H15N7O2S/c1-17(8-2-5-21(19,20)6-8)10-14-9(12)15-11(16-10)18-4-3-13-7-18/h3-4,7-8H,2,5-6H2,1H3,(H2,12,14,15,16). The average Bonchev–Trinajstić information content (AvgIpc) is 3.06. The molecule has 21 heavy (non-hydrogen) atoms. The molecular weight excluding hydrogens is 294 g/mol. The van der Waals surface area contributed by atoms with Crippen LogP contribution < -0.4 is 10.6 Å². The lowest BCUT2D eigenvalue weighted by Gasteiger charge is -2.23. The number of nitrogen functional groups attached to an aromatic ring is 1. The van der Waals surface area contributed by atoms with Crippen LogP contribution in [0.4, 0.5) is 11.9 Å². The highest BCUT2D eigenvalue weighted by Crippen LogP contribution is 2.21. The number of nitrogens with two attached hydrogens (primary N) is 1. The van der Waals surface area contributed by atoms with E-state index in [1.807, 2.05) is 0 Å². The lowest BCUT2D eigenvalue weighted by Crippen LogP contribution is -2.34. The molecule has 9 nitrogen and oxygen atoms in total. The van der Waals surface area contributed by atoms with Crippen molar-refractivity contribution in [3.63, 3.8) is 0 Å². The number of nitrogens with zero attached hydrogens (tertiary/aromatic N) is 6. The maximum Gasteiger partial charge on any atom is 0.241 e. The van der Waals surface area contributed by atoms with Gasteiger partial charge in [-0.15, -0.1) is 0 Å². The number of hydrogen-bond acceptors (Lipinski definition) is 8. The highest BCUT2D eigenvalue weighted by molar-refractivity contribution is 7.91. The summed E-state index contributed by atoms with van der Waals surface area (Å²) in [6.07, 6.45) is 5.41. The average molecular weight is 309 g/mol. The Morgan fingerprint density at radius 2 is 2.19 bits per heavy atom. The quantitative estimate of drug-likeness (QED) is 0.787. The number of anilines is 2. The van der Waals surface area contributed by atoms with E-state index in [0.29, 0.717) is 18.3 Å². The van der Waals surface area contributed by atoms with Gasteiger partial charge in [-0.25, -0.2) is 13.4 Å². The summed E-state index contributed by atoms with van der Waals surface area (Å²) >= 11 is 0. The molecule has 1 atom stereocenters. The minimum absolute atomic E-state index is 0.0800. The summed E-state index contributed by atoms with van der Waals surface area (Å²) in [5.74, 6) is 1.08. The third kappa shape index (κ3) is 2.79. The molecule has 10 heteroatoms. The van der Waals surface area contributed by atoms with Crippen LogP contribution >= 0.6 is 0 Å². The molecule has 3 rings (SSSR count). The van der Waals surface area contributed by atoms with Gasteiger partial charge in [-0.3, -0.25) is 4.57 Å². The van der Waals surface area contributed by atoms with Gasteiger partial charge >= 0.3 is 0 Å². The molecule has 0 bridgehead atoms. The van der Waals surface area contributed by atoms with Gasteiger partial charge in [0.25, 0.3) is 0 Å². The van der Waals surface area contributed by atoms with Crippen LogP contribution in [-0.2, 0) is 9.84 Å². The van der Waals surface area contributed by atoms with E-state index in [1.165, 1.54) is 0 Å². The normalized spacial score (nSPS) is 20.5. The van der Waals surface area contributed by atoms with Crippen LogP contribution in [0, 0.1) is 0 Å². The SMILES string of the molecule is CN(c1nc(N)nc(-n2ccnc2)n1)C1CCS(=O)(=O)C1. The van der Waals surface area contributed by atoms with Gasteiger partial charge in [0, 0.05) is 25.5 Å². The van der Waals surface area contributed by atoms with Gasteiger partial charge in [0.1, 0.15) is 6.33 Å². The second-order valence-corrected chi connectivity index (χ2v) is 7.16. The molecule has 0 spiro atoms. The number of imidazole rings is 1. The third-order valence-electron chi connectivity index (χ3n) is 3.44. The topological polar surface area (TPSA) is 120 Å². The third-order valence-corrected chi connectivity index (χ3v) is 5.19.